The molecule has 2 aromatic heterocycles. The Morgan fingerprint density at radius 2 is 1.82 bits per heavy atom. The van der Waals surface area contributed by atoms with Gasteiger partial charge < -0.3 is 4.98 Å². The Bertz CT molecular complexity index is 982. The van der Waals surface area contributed by atoms with Gasteiger partial charge in [-0.15, -0.1) is 0 Å². The minimum atomic E-state index is -0.349. The maximum absolute atomic E-state index is 11.0. The lowest BCUT2D eigenvalue weighted by Crippen LogP contribution is -2.07. The Balaban J connectivity index is 1.83. The second-order valence-electron chi connectivity index (χ2n) is 4.96. The van der Waals surface area contributed by atoms with Crippen molar-refractivity contribution >= 4 is 11.0 Å². The van der Waals surface area contributed by atoms with E-state index in [-0.39, 0.29) is 5.69 Å². The van der Waals surface area contributed by atoms with Crippen molar-refractivity contribution < 1.29 is 0 Å². The van der Waals surface area contributed by atoms with Crippen molar-refractivity contribution in [3.63, 3.8) is 0 Å². The molecule has 0 radical (unpaired) electrons. The largest absolute Gasteiger partial charge is 0.344 e. The first-order chi connectivity index (χ1) is 10.8. The molecule has 0 aliphatic heterocycles. The first kappa shape index (κ1) is 12.5. The summed E-state index contributed by atoms with van der Waals surface area (Å²) in [6.07, 6.45) is 5.04. The van der Waals surface area contributed by atoms with E-state index in [2.05, 4.69) is 15.0 Å². The lowest BCUT2D eigenvalue weighted by molar-refractivity contribution is 1.08. The highest BCUT2D eigenvalue weighted by molar-refractivity contribution is 5.83. The summed E-state index contributed by atoms with van der Waals surface area (Å²) in [5.41, 5.74) is 4.48. The number of aromatic amines is 1. The van der Waals surface area contributed by atoms with Gasteiger partial charge in [0.05, 0.1) is 11.0 Å². The molecule has 1 N–H and O–H groups in total. The molecule has 4 aromatic rings. The fraction of sp³-hybridized carbons (Fsp3) is 0. The van der Waals surface area contributed by atoms with E-state index in [0.29, 0.717) is 0 Å². The smallest absolute Gasteiger partial charge is 0.312 e. The zero-order valence-electron chi connectivity index (χ0n) is 11.6. The van der Waals surface area contributed by atoms with E-state index in [1.165, 1.54) is 0 Å². The van der Waals surface area contributed by atoms with Gasteiger partial charge in [0.15, 0.2) is 0 Å². The SMILES string of the molecule is O=c1ncc(-c2ccc3c(c2)ncn3-c2ccccc2)c[nH]1. The number of nitrogens with zero attached hydrogens (tertiary/aromatic N) is 3. The molecule has 0 aliphatic carbocycles. The number of nitrogens with one attached hydrogen (secondary N) is 1. The van der Waals surface area contributed by atoms with Crippen LogP contribution >= 0.6 is 0 Å². The average Bonchev–Trinajstić information content (AvgIpc) is 2.99. The Labute approximate surface area is 125 Å². The van der Waals surface area contributed by atoms with E-state index in [1.807, 2.05) is 59.4 Å². The number of imidazole rings is 1. The molecular formula is C17H12N4O. The van der Waals surface area contributed by atoms with Crippen LogP contribution in [0.25, 0.3) is 27.8 Å². The standard InChI is InChI=1S/C17H12N4O/c22-17-18-9-13(10-19-17)12-6-7-16-15(8-12)20-11-21(16)14-4-2-1-3-5-14/h1-11H,(H,18,19,22). The van der Waals surface area contributed by atoms with Crippen LogP contribution < -0.4 is 5.69 Å². The maximum Gasteiger partial charge on any atom is 0.344 e. The van der Waals surface area contributed by atoms with E-state index in [0.717, 1.165) is 27.8 Å². The molecule has 0 bridgehead atoms. The molecule has 0 amide bonds. The third kappa shape index (κ3) is 2.09. The van der Waals surface area contributed by atoms with Crippen LogP contribution in [0.2, 0.25) is 0 Å². The number of benzene rings is 2. The second kappa shape index (κ2) is 4.96. The van der Waals surface area contributed by atoms with Crippen LogP contribution in [0.15, 0.2) is 72.0 Å². The first-order valence-corrected chi connectivity index (χ1v) is 6.89. The topological polar surface area (TPSA) is 63.6 Å². The van der Waals surface area contributed by atoms with Crippen LogP contribution in [0.1, 0.15) is 0 Å². The maximum atomic E-state index is 11.0. The molecule has 106 valence electrons. The lowest BCUT2D eigenvalue weighted by atomic mass is 10.1. The van der Waals surface area contributed by atoms with Gasteiger partial charge in [-0.3, -0.25) is 4.57 Å². The third-order valence-corrected chi connectivity index (χ3v) is 3.59. The number of hydrogen-bond donors (Lipinski definition) is 1. The summed E-state index contributed by atoms with van der Waals surface area (Å²) >= 11 is 0. The first-order valence-electron chi connectivity index (χ1n) is 6.89. The number of fused-ring (bicyclic) bond motifs is 1. The monoisotopic (exact) mass is 288 g/mol. The molecule has 4 rings (SSSR count). The summed E-state index contributed by atoms with van der Waals surface area (Å²) in [5.74, 6) is 0. The third-order valence-electron chi connectivity index (χ3n) is 3.59. The molecule has 0 aliphatic rings. The van der Waals surface area contributed by atoms with E-state index >= 15 is 0 Å². The zero-order valence-corrected chi connectivity index (χ0v) is 11.6. The summed E-state index contributed by atoms with van der Waals surface area (Å²) < 4.78 is 2.05. The molecule has 5 nitrogen and oxygen atoms in total. The van der Waals surface area contributed by atoms with E-state index < -0.39 is 0 Å². The molecular weight excluding hydrogens is 276 g/mol. The van der Waals surface area contributed by atoms with Gasteiger partial charge in [-0.1, -0.05) is 24.3 Å². The van der Waals surface area contributed by atoms with Gasteiger partial charge in [0.2, 0.25) is 0 Å². The predicted molar refractivity (Wildman–Crippen MR) is 84.9 cm³/mol. The highest BCUT2D eigenvalue weighted by atomic mass is 16.1. The number of H-pyrrole nitrogens is 1. The number of para-hydroxylation sites is 1. The van der Waals surface area contributed by atoms with Crippen molar-refractivity contribution in [2.24, 2.45) is 0 Å². The van der Waals surface area contributed by atoms with Gasteiger partial charge in [0.25, 0.3) is 0 Å². The van der Waals surface area contributed by atoms with Crippen LogP contribution in [-0.2, 0) is 0 Å². The van der Waals surface area contributed by atoms with Crippen molar-refractivity contribution in [2.75, 3.05) is 0 Å². The van der Waals surface area contributed by atoms with Crippen molar-refractivity contribution in [3.8, 4) is 16.8 Å². The fourth-order valence-electron chi connectivity index (χ4n) is 2.49. The normalized spacial score (nSPS) is 10.9. The van der Waals surface area contributed by atoms with Gasteiger partial charge in [-0.05, 0) is 29.8 Å². The van der Waals surface area contributed by atoms with Gasteiger partial charge >= 0.3 is 5.69 Å². The average molecular weight is 288 g/mol. The van der Waals surface area contributed by atoms with Crippen molar-refractivity contribution in [2.45, 2.75) is 0 Å². The molecule has 2 aromatic carbocycles. The Morgan fingerprint density at radius 1 is 0.955 bits per heavy atom. The van der Waals surface area contributed by atoms with Crippen LogP contribution in [-0.4, -0.2) is 19.5 Å². The van der Waals surface area contributed by atoms with Crippen molar-refractivity contribution in [1.29, 1.82) is 0 Å². The summed E-state index contributed by atoms with van der Waals surface area (Å²) in [4.78, 5) is 21.8. The van der Waals surface area contributed by atoms with Crippen molar-refractivity contribution in [1.82, 2.24) is 19.5 Å². The summed E-state index contributed by atoms with van der Waals surface area (Å²) in [6, 6.07) is 16.1. The Kier molecular flexibility index (Phi) is 2.83. The predicted octanol–water partition coefficient (Wildman–Crippen LogP) is 2.78. The minimum Gasteiger partial charge on any atom is -0.312 e. The quantitative estimate of drug-likeness (QED) is 0.617. The van der Waals surface area contributed by atoms with E-state index in [9.17, 15) is 4.79 Å². The van der Waals surface area contributed by atoms with Gasteiger partial charge in [-0.25, -0.2) is 14.8 Å². The molecule has 0 fully saturated rings. The fourth-order valence-corrected chi connectivity index (χ4v) is 2.49. The molecule has 2 heterocycles. The zero-order chi connectivity index (χ0) is 14.9. The number of rotatable bonds is 2. The van der Waals surface area contributed by atoms with E-state index in [4.69, 9.17) is 0 Å². The summed E-state index contributed by atoms with van der Waals surface area (Å²) in [7, 11) is 0. The van der Waals surface area contributed by atoms with Crippen LogP contribution in [0, 0.1) is 0 Å². The molecule has 5 heteroatoms. The molecule has 0 atom stereocenters. The van der Waals surface area contributed by atoms with Gasteiger partial charge in [-0.2, -0.15) is 0 Å². The van der Waals surface area contributed by atoms with E-state index in [1.54, 1.807) is 12.4 Å². The Morgan fingerprint density at radius 3 is 2.59 bits per heavy atom. The number of hydrogen-bond acceptors (Lipinski definition) is 3. The van der Waals surface area contributed by atoms with Gasteiger partial charge in [0, 0.05) is 23.6 Å². The highest BCUT2D eigenvalue weighted by Gasteiger charge is 2.06. The van der Waals surface area contributed by atoms with Crippen LogP contribution in [0.4, 0.5) is 0 Å². The van der Waals surface area contributed by atoms with Crippen LogP contribution in [0.5, 0.6) is 0 Å². The molecule has 0 saturated carbocycles. The Hall–Kier alpha value is -3.21. The van der Waals surface area contributed by atoms with Crippen LogP contribution in [0.3, 0.4) is 0 Å². The molecule has 0 unspecified atom stereocenters. The lowest BCUT2D eigenvalue weighted by Gasteiger charge is -2.05. The van der Waals surface area contributed by atoms with Crippen molar-refractivity contribution in [3.05, 3.63) is 77.7 Å². The summed E-state index contributed by atoms with van der Waals surface area (Å²) in [5, 5.41) is 0. The second-order valence-corrected chi connectivity index (χ2v) is 4.96. The molecule has 0 spiro atoms. The van der Waals surface area contributed by atoms with Gasteiger partial charge in [0.1, 0.15) is 6.33 Å². The minimum absolute atomic E-state index is 0.349. The molecule has 22 heavy (non-hydrogen) atoms. The molecule has 0 saturated heterocycles. The highest BCUT2D eigenvalue weighted by Crippen LogP contribution is 2.24. The summed E-state index contributed by atoms with van der Waals surface area (Å²) in [6.45, 7) is 0. The number of aromatic nitrogens is 4.